The number of hydrogen-bond acceptors (Lipinski definition) is 2. The molecule has 2 aromatic rings. The van der Waals surface area contributed by atoms with Gasteiger partial charge in [0.15, 0.2) is 0 Å². The van der Waals surface area contributed by atoms with Crippen LogP contribution in [0.15, 0.2) is 30.6 Å². The molecule has 0 saturated heterocycles. The highest BCUT2D eigenvalue weighted by atomic mass is 35.5. The van der Waals surface area contributed by atoms with E-state index in [0.29, 0.717) is 5.69 Å². The summed E-state index contributed by atoms with van der Waals surface area (Å²) >= 11 is 0. The minimum atomic E-state index is -0.500. The molecule has 2 rings (SSSR count). The summed E-state index contributed by atoms with van der Waals surface area (Å²) in [6.07, 6.45) is 3.11. The fourth-order valence-corrected chi connectivity index (χ4v) is 1.54. The highest BCUT2D eigenvalue weighted by Gasteiger charge is 2.04. The summed E-state index contributed by atoms with van der Waals surface area (Å²) in [5.41, 5.74) is 0.861. The average Bonchev–Trinajstić information content (AvgIpc) is 2.79. The Balaban J connectivity index is 0.00000180. The van der Waals surface area contributed by atoms with Crippen LogP contribution in [0.3, 0.4) is 0 Å². The molecule has 1 aromatic carbocycles. The maximum absolute atomic E-state index is 13.3. The lowest BCUT2D eigenvalue weighted by Crippen LogP contribution is -2.02. The van der Waals surface area contributed by atoms with Gasteiger partial charge in [-0.3, -0.25) is 4.68 Å². The zero-order valence-electron chi connectivity index (χ0n) is 9.94. The van der Waals surface area contributed by atoms with Gasteiger partial charge in [0, 0.05) is 18.3 Å². The quantitative estimate of drug-likeness (QED) is 0.917. The Morgan fingerprint density at radius 2 is 2.05 bits per heavy atom. The Morgan fingerprint density at radius 3 is 2.79 bits per heavy atom. The van der Waals surface area contributed by atoms with Gasteiger partial charge in [-0.1, -0.05) is 0 Å². The van der Waals surface area contributed by atoms with Crippen LogP contribution in [-0.2, 0) is 13.1 Å². The Kier molecular flexibility index (Phi) is 5.69. The summed E-state index contributed by atoms with van der Waals surface area (Å²) in [4.78, 5) is 0. The number of benzene rings is 1. The maximum Gasteiger partial charge on any atom is 0.128 e. The number of aryl methyl sites for hydroxylation is 1. The van der Waals surface area contributed by atoms with Crippen LogP contribution in [0.4, 0.5) is 18.9 Å². The summed E-state index contributed by atoms with van der Waals surface area (Å²) in [6.45, 7) is -0.180. The summed E-state index contributed by atoms with van der Waals surface area (Å²) in [7, 11) is 0. The zero-order chi connectivity index (χ0) is 13.0. The molecule has 0 bridgehead atoms. The third kappa shape index (κ3) is 4.17. The van der Waals surface area contributed by atoms with Crippen LogP contribution >= 0.6 is 12.4 Å². The second-order valence-corrected chi connectivity index (χ2v) is 3.77. The smallest absolute Gasteiger partial charge is 0.128 e. The van der Waals surface area contributed by atoms with Gasteiger partial charge >= 0.3 is 0 Å². The van der Waals surface area contributed by atoms with E-state index in [4.69, 9.17) is 0 Å². The lowest BCUT2D eigenvalue weighted by Gasteiger charge is -2.05. The molecule has 1 heterocycles. The van der Waals surface area contributed by atoms with Crippen molar-refractivity contribution in [1.82, 2.24) is 9.78 Å². The standard InChI is InChI=1S/C12H12F3N3.ClH/c13-3-4-18-8-11(7-17-18)16-6-9-5-10(14)1-2-12(9)15;/h1-2,5,7-8,16H,3-4,6H2;1H. The van der Waals surface area contributed by atoms with Crippen molar-refractivity contribution < 1.29 is 13.2 Å². The van der Waals surface area contributed by atoms with E-state index in [1.54, 1.807) is 6.20 Å². The van der Waals surface area contributed by atoms with Crippen molar-refractivity contribution in [2.45, 2.75) is 13.1 Å². The molecule has 104 valence electrons. The van der Waals surface area contributed by atoms with Crippen LogP contribution < -0.4 is 5.32 Å². The minimum absolute atomic E-state index is 0. The van der Waals surface area contributed by atoms with Crippen molar-refractivity contribution in [2.24, 2.45) is 0 Å². The predicted octanol–water partition coefficient (Wildman–Crippen LogP) is 3.16. The molecule has 7 heteroatoms. The highest BCUT2D eigenvalue weighted by molar-refractivity contribution is 5.85. The van der Waals surface area contributed by atoms with Gasteiger partial charge in [0.05, 0.1) is 18.4 Å². The number of aromatic nitrogens is 2. The van der Waals surface area contributed by atoms with Crippen LogP contribution in [0.2, 0.25) is 0 Å². The van der Waals surface area contributed by atoms with Crippen molar-refractivity contribution in [3.05, 3.63) is 47.8 Å². The molecule has 0 amide bonds. The van der Waals surface area contributed by atoms with E-state index in [9.17, 15) is 13.2 Å². The maximum atomic E-state index is 13.3. The molecule has 0 aliphatic carbocycles. The van der Waals surface area contributed by atoms with Gasteiger partial charge in [0.2, 0.25) is 0 Å². The normalized spacial score (nSPS) is 10.1. The number of rotatable bonds is 5. The van der Waals surface area contributed by atoms with Crippen molar-refractivity contribution >= 4 is 18.1 Å². The minimum Gasteiger partial charge on any atom is -0.378 e. The van der Waals surface area contributed by atoms with Crippen LogP contribution in [0.5, 0.6) is 0 Å². The third-order valence-electron chi connectivity index (χ3n) is 2.44. The van der Waals surface area contributed by atoms with E-state index in [-0.39, 0.29) is 31.1 Å². The van der Waals surface area contributed by atoms with E-state index >= 15 is 0 Å². The molecule has 0 spiro atoms. The van der Waals surface area contributed by atoms with E-state index in [0.717, 1.165) is 18.2 Å². The summed E-state index contributed by atoms with van der Waals surface area (Å²) in [5.74, 6) is -0.957. The van der Waals surface area contributed by atoms with Crippen LogP contribution in [0.25, 0.3) is 0 Å². The molecule has 0 unspecified atom stereocenters. The fraction of sp³-hybridized carbons (Fsp3) is 0.250. The van der Waals surface area contributed by atoms with Gasteiger partial charge in [-0.15, -0.1) is 12.4 Å². The fourth-order valence-electron chi connectivity index (χ4n) is 1.54. The SMILES string of the molecule is Cl.FCCn1cc(NCc2cc(F)ccc2F)cn1. The topological polar surface area (TPSA) is 29.9 Å². The predicted molar refractivity (Wildman–Crippen MR) is 69.1 cm³/mol. The van der Waals surface area contributed by atoms with Crippen molar-refractivity contribution in [2.75, 3.05) is 12.0 Å². The Morgan fingerprint density at radius 1 is 1.26 bits per heavy atom. The van der Waals surface area contributed by atoms with E-state index in [1.807, 2.05) is 0 Å². The first-order chi connectivity index (χ1) is 8.69. The molecule has 3 nitrogen and oxygen atoms in total. The Bertz CT molecular complexity index is 531. The Hall–Kier alpha value is -1.69. The molecule has 0 fully saturated rings. The number of nitrogens with one attached hydrogen (secondary N) is 1. The molecule has 0 aliphatic rings. The van der Waals surface area contributed by atoms with Gasteiger partial charge in [0.1, 0.15) is 18.3 Å². The first-order valence-electron chi connectivity index (χ1n) is 5.45. The van der Waals surface area contributed by atoms with Crippen LogP contribution in [0.1, 0.15) is 5.56 Å². The molecule has 0 aliphatic heterocycles. The number of anilines is 1. The highest BCUT2D eigenvalue weighted by Crippen LogP contribution is 2.12. The first-order valence-corrected chi connectivity index (χ1v) is 5.45. The zero-order valence-corrected chi connectivity index (χ0v) is 10.8. The lowest BCUT2D eigenvalue weighted by atomic mass is 10.2. The van der Waals surface area contributed by atoms with Crippen LogP contribution in [0, 0.1) is 11.6 Å². The van der Waals surface area contributed by atoms with E-state index < -0.39 is 18.3 Å². The average molecular weight is 292 g/mol. The van der Waals surface area contributed by atoms with Crippen molar-refractivity contribution in [3.63, 3.8) is 0 Å². The van der Waals surface area contributed by atoms with Gasteiger partial charge in [0.25, 0.3) is 0 Å². The summed E-state index contributed by atoms with van der Waals surface area (Å²) in [5, 5.41) is 6.80. The molecule has 0 saturated carbocycles. The van der Waals surface area contributed by atoms with Gasteiger partial charge in [-0.25, -0.2) is 13.2 Å². The molecular formula is C12H13ClF3N3. The number of halogens is 4. The number of alkyl halides is 1. The van der Waals surface area contributed by atoms with Crippen LogP contribution in [-0.4, -0.2) is 16.5 Å². The molecule has 0 atom stereocenters. The first kappa shape index (κ1) is 15.4. The summed E-state index contributed by atoms with van der Waals surface area (Å²) < 4.78 is 39.7. The van der Waals surface area contributed by atoms with Gasteiger partial charge in [-0.05, 0) is 18.2 Å². The number of nitrogens with zero attached hydrogens (tertiary/aromatic N) is 2. The summed E-state index contributed by atoms with van der Waals surface area (Å²) in [6, 6.07) is 3.28. The van der Waals surface area contributed by atoms with Crippen molar-refractivity contribution in [3.8, 4) is 0 Å². The van der Waals surface area contributed by atoms with E-state index in [2.05, 4.69) is 10.4 Å². The molecule has 1 N–H and O–H groups in total. The molecule has 1 aromatic heterocycles. The van der Waals surface area contributed by atoms with E-state index in [1.165, 1.54) is 10.9 Å². The molecular weight excluding hydrogens is 279 g/mol. The molecule has 0 radical (unpaired) electrons. The lowest BCUT2D eigenvalue weighted by molar-refractivity contribution is 0.427. The number of hydrogen-bond donors (Lipinski definition) is 1. The second-order valence-electron chi connectivity index (χ2n) is 3.77. The largest absolute Gasteiger partial charge is 0.378 e. The van der Waals surface area contributed by atoms with Crippen molar-refractivity contribution in [1.29, 1.82) is 0 Å². The van der Waals surface area contributed by atoms with Gasteiger partial charge in [-0.2, -0.15) is 5.10 Å². The van der Waals surface area contributed by atoms with Gasteiger partial charge < -0.3 is 5.32 Å². The Labute approximate surface area is 114 Å². The monoisotopic (exact) mass is 291 g/mol. The molecule has 19 heavy (non-hydrogen) atoms. The second kappa shape index (κ2) is 7.04. The third-order valence-corrected chi connectivity index (χ3v) is 2.44.